The van der Waals surface area contributed by atoms with E-state index in [0.29, 0.717) is 29.1 Å². The third-order valence-electron chi connectivity index (χ3n) is 4.51. The van der Waals surface area contributed by atoms with E-state index in [0.717, 1.165) is 32.5 Å². The largest absolute Gasteiger partial charge is 0.462 e. The lowest BCUT2D eigenvalue weighted by atomic mass is 10.0. The Hall–Kier alpha value is -1.82. The number of carbonyl (C=O) groups is 2. The number of aryl methyl sites for hydroxylation is 1. The number of esters is 1. The number of aromatic amines is 1. The van der Waals surface area contributed by atoms with Gasteiger partial charge in [-0.05, 0) is 45.7 Å². The molecule has 1 saturated heterocycles. The quantitative estimate of drug-likeness (QED) is 0.814. The molecule has 0 radical (unpaired) electrons. The first-order chi connectivity index (χ1) is 11.0. The van der Waals surface area contributed by atoms with E-state index in [1.807, 2.05) is 0 Å². The summed E-state index contributed by atoms with van der Waals surface area (Å²) in [5.74, 6) is -0.523. The number of aromatic nitrogens is 1. The van der Waals surface area contributed by atoms with Crippen molar-refractivity contribution in [3.63, 3.8) is 0 Å². The zero-order valence-corrected chi connectivity index (χ0v) is 14.5. The van der Waals surface area contributed by atoms with E-state index >= 15 is 0 Å². The first kappa shape index (κ1) is 17.5. The van der Waals surface area contributed by atoms with Gasteiger partial charge in [-0.3, -0.25) is 4.79 Å². The Bertz CT molecular complexity index is 572. The van der Waals surface area contributed by atoms with Crippen molar-refractivity contribution in [3.8, 4) is 0 Å². The van der Waals surface area contributed by atoms with Crippen LogP contribution >= 0.6 is 0 Å². The highest BCUT2D eigenvalue weighted by atomic mass is 16.5. The average Bonchev–Trinajstić information content (AvgIpc) is 2.83. The highest BCUT2D eigenvalue weighted by Crippen LogP contribution is 2.20. The molecule has 23 heavy (non-hydrogen) atoms. The van der Waals surface area contributed by atoms with Gasteiger partial charge < -0.3 is 19.9 Å². The molecule has 2 heterocycles. The van der Waals surface area contributed by atoms with Crippen LogP contribution in [-0.2, 0) is 4.74 Å². The molecular formula is C17H27N3O3. The molecule has 1 aromatic heterocycles. The van der Waals surface area contributed by atoms with Crippen LogP contribution in [0.15, 0.2) is 0 Å². The molecule has 0 aliphatic carbocycles. The fraction of sp³-hybridized carbons (Fsp3) is 0.647. The van der Waals surface area contributed by atoms with Gasteiger partial charge >= 0.3 is 5.97 Å². The first-order valence-electron chi connectivity index (χ1n) is 8.37. The lowest BCUT2D eigenvalue weighted by Crippen LogP contribution is -2.44. The molecule has 0 saturated carbocycles. The fourth-order valence-electron chi connectivity index (χ4n) is 3.14. The van der Waals surface area contributed by atoms with Crippen molar-refractivity contribution in [2.75, 3.05) is 26.2 Å². The third-order valence-corrected chi connectivity index (χ3v) is 4.51. The smallest absolute Gasteiger partial charge is 0.340 e. The maximum absolute atomic E-state index is 12.5. The summed E-state index contributed by atoms with van der Waals surface area (Å²) in [5.41, 5.74) is 2.26. The standard InChI is InChI=1S/C17H27N3O3/c1-5-20-9-7-13(8-10-20)19-16(21)15-11(3)14(12(4)18-15)17(22)23-6-2/h13,18H,5-10H2,1-4H3,(H,19,21). The van der Waals surface area contributed by atoms with Crippen LogP contribution in [0.1, 0.15) is 58.8 Å². The van der Waals surface area contributed by atoms with Crippen LogP contribution in [0.5, 0.6) is 0 Å². The molecule has 0 spiro atoms. The highest BCUT2D eigenvalue weighted by Gasteiger charge is 2.25. The van der Waals surface area contributed by atoms with Crippen molar-refractivity contribution in [1.82, 2.24) is 15.2 Å². The molecule has 2 N–H and O–H groups in total. The number of hydrogen-bond acceptors (Lipinski definition) is 4. The maximum Gasteiger partial charge on any atom is 0.340 e. The van der Waals surface area contributed by atoms with Crippen molar-refractivity contribution >= 4 is 11.9 Å². The van der Waals surface area contributed by atoms with E-state index in [-0.39, 0.29) is 17.9 Å². The van der Waals surface area contributed by atoms with Crippen molar-refractivity contribution in [2.24, 2.45) is 0 Å². The molecule has 1 amide bonds. The van der Waals surface area contributed by atoms with Gasteiger partial charge in [-0.1, -0.05) is 6.92 Å². The minimum Gasteiger partial charge on any atom is -0.462 e. The number of carbonyl (C=O) groups excluding carboxylic acids is 2. The van der Waals surface area contributed by atoms with Gasteiger partial charge in [0.25, 0.3) is 5.91 Å². The molecular weight excluding hydrogens is 294 g/mol. The zero-order chi connectivity index (χ0) is 17.0. The Morgan fingerprint density at radius 1 is 1.26 bits per heavy atom. The van der Waals surface area contributed by atoms with Crippen LogP contribution in [0.2, 0.25) is 0 Å². The predicted octanol–water partition coefficient (Wildman–Crippen LogP) is 2.02. The van der Waals surface area contributed by atoms with Gasteiger partial charge in [-0.25, -0.2) is 4.79 Å². The summed E-state index contributed by atoms with van der Waals surface area (Å²) in [7, 11) is 0. The summed E-state index contributed by atoms with van der Waals surface area (Å²) >= 11 is 0. The Morgan fingerprint density at radius 3 is 2.48 bits per heavy atom. The van der Waals surface area contributed by atoms with Crippen LogP contribution in [0.3, 0.4) is 0 Å². The number of rotatable bonds is 5. The van der Waals surface area contributed by atoms with Gasteiger partial charge in [0.1, 0.15) is 5.69 Å². The van der Waals surface area contributed by atoms with Crippen LogP contribution in [0, 0.1) is 13.8 Å². The normalized spacial score (nSPS) is 16.3. The summed E-state index contributed by atoms with van der Waals surface area (Å²) in [6.07, 6.45) is 1.92. The van der Waals surface area contributed by atoms with E-state index in [2.05, 4.69) is 22.1 Å². The number of amides is 1. The van der Waals surface area contributed by atoms with Gasteiger partial charge in [0.2, 0.25) is 0 Å². The molecule has 6 nitrogen and oxygen atoms in total. The highest BCUT2D eigenvalue weighted by molar-refractivity contribution is 6.00. The van der Waals surface area contributed by atoms with Crippen LogP contribution in [0.25, 0.3) is 0 Å². The molecule has 1 aliphatic rings. The zero-order valence-electron chi connectivity index (χ0n) is 14.5. The van der Waals surface area contributed by atoms with E-state index in [1.54, 1.807) is 20.8 Å². The van der Waals surface area contributed by atoms with Crippen LogP contribution < -0.4 is 5.32 Å². The lowest BCUT2D eigenvalue weighted by molar-refractivity contribution is 0.0525. The summed E-state index contributed by atoms with van der Waals surface area (Å²) < 4.78 is 5.06. The van der Waals surface area contributed by atoms with Crippen molar-refractivity contribution in [3.05, 3.63) is 22.5 Å². The molecule has 6 heteroatoms. The predicted molar refractivity (Wildman–Crippen MR) is 88.8 cm³/mol. The van der Waals surface area contributed by atoms with Gasteiger partial charge in [-0.15, -0.1) is 0 Å². The van der Waals surface area contributed by atoms with Crippen LogP contribution in [-0.4, -0.2) is 54.0 Å². The van der Waals surface area contributed by atoms with Crippen molar-refractivity contribution in [2.45, 2.75) is 46.6 Å². The Kier molecular flexibility index (Phi) is 5.82. The van der Waals surface area contributed by atoms with Crippen molar-refractivity contribution in [1.29, 1.82) is 0 Å². The van der Waals surface area contributed by atoms with E-state index in [4.69, 9.17) is 4.74 Å². The molecule has 128 valence electrons. The monoisotopic (exact) mass is 321 g/mol. The Labute approximate surface area is 137 Å². The average molecular weight is 321 g/mol. The second-order valence-corrected chi connectivity index (χ2v) is 6.03. The molecule has 0 unspecified atom stereocenters. The number of hydrogen-bond donors (Lipinski definition) is 2. The summed E-state index contributed by atoms with van der Waals surface area (Å²) in [6.45, 7) is 10.9. The third kappa shape index (κ3) is 3.93. The second kappa shape index (κ2) is 7.64. The lowest BCUT2D eigenvalue weighted by Gasteiger charge is -2.31. The number of ether oxygens (including phenoxy) is 1. The number of H-pyrrole nitrogens is 1. The number of likely N-dealkylation sites (tertiary alicyclic amines) is 1. The van der Waals surface area contributed by atoms with Gasteiger partial charge in [0.05, 0.1) is 12.2 Å². The van der Waals surface area contributed by atoms with Gasteiger partial charge in [-0.2, -0.15) is 0 Å². The minimum absolute atomic E-state index is 0.143. The molecule has 1 aromatic rings. The van der Waals surface area contributed by atoms with Crippen molar-refractivity contribution < 1.29 is 14.3 Å². The van der Waals surface area contributed by atoms with E-state index in [1.165, 1.54) is 0 Å². The summed E-state index contributed by atoms with van der Waals surface area (Å²) in [4.78, 5) is 29.9. The van der Waals surface area contributed by atoms with Gasteiger partial charge in [0, 0.05) is 24.8 Å². The maximum atomic E-state index is 12.5. The molecule has 0 aromatic carbocycles. The molecule has 0 atom stereocenters. The van der Waals surface area contributed by atoms with Crippen LogP contribution in [0.4, 0.5) is 0 Å². The SMILES string of the molecule is CCOC(=O)c1c(C)[nH]c(C(=O)NC2CCN(CC)CC2)c1C. The number of nitrogens with one attached hydrogen (secondary N) is 2. The van der Waals surface area contributed by atoms with Gasteiger partial charge in [0.15, 0.2) is 0 Å². The minimum atomic E-state index is -0.381. The van der Waals surface area contributed by atoms with E-state index < -0.39 is 0 Å². The first-order valence-corrected chi connectivity index (χ1v) is 8.37. The topological polar surface area (TPSA) is 74.4 Å². The summed E-state index contributed by atoms with van der Waals surface area (Å²) in [6, 6.07) is 0.194. The summed E-state index contributed by atoms with van der Waals surface area (Å²) in [5, 5.41) is 3.08. The molecule has 2 rings (SSSR count). The Morgan fingerprint density at radius 2 is 1.91 bits per heavy atom. The Balaban J connectivity index is 2.06. The second-order valence-electron chi connectivity index (χ2n) is 6.03. The molecule has 1 aliphatic heterocycles. The number of nitrogens with zero attached hydrogens (tertiary/aromatic N) is 1. The molecule has 0 bridgehead atoms. The molecule has 1 fully saturated rings. The number of piperidine rings is 1. The fourth-order valence-corrected chi connectivity index (χ4v) is 3.14. The van der Waals surface area contributed by atoms with E-state index in [9.17, 15) is 9.59 Å².